The molecule has 1 aliphatic rings. The Bertz CT molecular complexity index is 1080. The lowest BCUT2D eigenvalue weighted by atomic mass is 9.91. The summed E-state index contributed by atoms with van der Waals surface area (Å²) in [5.41, 5.74) is 0.198. The van der Waals surface area contributed by atoms with Crippen molar-refractivity contribution in [2.75, 3.05) is 6.26 Å². The number of benzene rings is 2. The Labute approximate surface area is 169 Å². The summed E-state index contributed by atoms with van der Waals surface area (Å²) in [5, 5.41) is 15.9. The van der Waals surface area contributed by atoms with E-state index in [9.17, 15) is 23.1 Å². The van der Waals surface area contributed by atoms with Crippen molar-refractivity contribution in [1.82, 2.24) is 10.6 Å². The fraction of sp³-hybridized carbons (Fsp3) is 0.238. The number of carbonyl (C=O) groups is 2. The summed E-state index contributed by atoms with van der Waals surface area (Å²) < 4.78 is 23.0. The highest BCUT2D eigenvalue weighted by atomic mass is 32.2. The van der Waals surface area contributed by atoms with Gasteiger partial charge in [-0.05, 0) is 30.2 Å². The van der Waals surface area contributed by atoms with Crippen molar-refractivity contribution in [1.29, 1.82) is 0 Å². The van der Waals surface area contributed by atoms with Gasteiger partial charge >= 0.3 is 0 Å². The molecule has 29 heavy (non-hydrogen) atoms. The van der Waals surface area contributed by atoms with Crippen LogP contribution in [0.5, 0.6) is 0 Å². The number of nitrogens with one attached hydrogen (secondary N) is 2. The topological polar surface area (TPSA) is 113 Å². The smallest absolute Gasteiger partial charge is 0.261 e. The molecule has 152 valence electrons. The summed E-state index contributed by atoms with van der Waals surface area (Å²) in [6.45, 7) is 1.75. The average Bonchev–Trinajstić information content (AvgIpc) is 2.88. The number of aliphatic hydroxyl groups excluding tert-OH is 1. The van der Waals surface area contributed by atoms with Gasteiger partial charge in [0.1, 0.15) is 11.3 Å². The van der Waals surface area contributed by atoms with Crippen LogP contribution in [0.1, 0.15) is 18.1 Å². The molecule has 1 heterocycles. The van der Waals surface area contributed by atoms with Crippen molar-refractivity contribution in [3.63, 3.8) is 0 Å². The predicted molar refractivity (Wildman–Crippen MR) is 108 cm³/mol. The second-order valence-corrected chi connectivity index (χ2v) is 9.29. The zero-order valence-electron chi connectivity index (χ0n) is 16.1. The largest absolute Gasteiger partial charge is 0.509 e. The molecule has 0 bridgehead atoms. The highest BCUT2D eigenvalue weighted by Gasteiger charge is 2.44. The summed E-state index contributed by atoms with van der Waals surface area (Å²) in [5.74, 6) is -1.62. The van der Waals surface area contributed by atoms with Crippen LogP contribution in [0.3, 0.4) is 0 Å². The average molecular weight is 414 g/mol. The molecular formula is C21H22N2O5S. The molecule has 0 fully saturated rings. The molecule has 3 N–H and O–H groups in total. The van der Waals surface area contributed by atoms with Gasteiger partial charge in [-0.25, -0.2) is 8.42 Å². The number of hydrogen-bond acceptors (Lipinski definition) is 5. The van der Waals surface area contributed by atoms with Crippen LogP contribution in [0.25, 0.3) is 0 Å². The third kappa shape index (κ3) is 4.48. The monoisotopic (exact) mass is 414 g/mol. The first-order chi connectivity index (χ1) is 13.6. The van der Waals surface area contributed by atoms with Crippen LogP contribution in [0, 0.1) is 0 Å². The standard InChI is InChI=1S/C21H22N2O5S/c1-21(12-14-6-4-3-5-7-14)18(24)17(20(26)23-21)19(25)22-13-15-8-10-16(11-9-15)29(2,27)28/h3-11,24H,12-13H2,1-2H3,(H,22,25)(H,23,26). The van der Waals surface area contributed by atoms with Crippen molar-refractivity contribution in [2.24, 2.45) is 0 Å². The summed E-state index contributed by atoms with van der Waals surface area (Å²) in [7, 11) is -3.30. The molecule has 2 aromatic rings. The Morgan fingerprint density at radius 2 is 1.69 bits per heavy atom. The minimum Gasteiger partial charge on any atom is -0.509 e. The van der Waals surface area contributed by atoms with Gasteiger partial charge in [-0.2, -0.15) is 0 Å². The van der Waals surface area contributed by atoms with Gasteiger partial charge in [0.2, 0.25) is 0 Å². The molecular weight excluding hydrogens is 392 g/mol. The molecule has 0 saturated carbocycles. The molecule has 2 aromatic carbocycles. The van der Waals surface area contributed by atoms with Crippen molar-refractivity contribution in [3.8, 4) is 0 Å². The highest BCUT2D eigenvalue weighted by molar-refractivity contribution is 7.90. The molecule has 2 amide bonds. The van der Waals surface area contributed by atoms with Crippen LogP contribution >= 0.6 is 0 Å². The van der Waals surface area contributed by atoms with Crippen LogP contribution < -0.4 is 10.6 Å². The molecule has 3 rings (SSSR count). The molecule has 0 aromatic heterocycles. The molecule has 1 aliphatic heterocycles. The van der Waals surface area contributed by atoms with E-state index in [0.717, 1.165) is 11.8 Å². The number of rotatable bonds is 6. The van der Waals surface area contributed by atoms with Crippen LogP contribution in [-0.2, 0) is 32.4 Å². The molecule has 1 atom stereocenters. The minimum absolute atomic E-state index is 0.0856. The van der Waals surface area contributed by atoms with Crippen molar-refractivity contribution in [2.45, 2.75) is 30.3 Å². The van der Waals surface area contributed by atoms with Gasteiger partial charge in [0, 0.05) is 19.2 Å². The first-order valence-corrected chi connectivity index (χ1v) is 10.9. The van der Waals surface area contributed by atoms with Crippen molar-refractivity contribution in [3.05, 3.63) is 77.1 Å². The van der Waals surface area contributed by atoms with E-state index in [1.165, 1.54) is 12.1 Å². The normalized spacial score (nSPS) is 19.2. The summed E-state index contributed by atoms with van der Waals surface area (Å²) in [6.07, 6.45) is 1.46. The Morgan fingerprint density at radius 1 is 1.07 bits per heavy atom. The third-order valence-electron chi connectivity index (χ3n) is 4.81. The van der Waals surface area contributed by atoms with Gasteiger partial charge in [0.25, 0.3) is 11.8 Å². The number of aliphatic hydroxyl groups is 1. The summed E-state index contributed by atoms with van der Waals surface area (Å²) in [4.78, 5) is 25.0. The Kier molecular flexibility index (Phi) is 5.48. The molecule has 0 aliphatic carbocycles. The number of hydrogen-bond donors (Lipinski definition) is 3. The van der Waals surface area contributed by atoms with E-state index in [1.54, 1.807) is 19.1 Å². The second-order valence-electron chi connectivity index (χ2n) is 7.27. The molecule has 0 spiro atoms. The second kappa shape index (κ2) is 7.71. The van der Waals surface area contributed by atoms with Crippen LogP contribution in [0.2, 0.25) is 0 Å². The lowest BCUT2D eigenvalue weighted by Gasteiger charge is -2.24. The Hall–Kier alpha value is -3.13. The van der Waals surface area contributed by atoms with E-state index in [2.05, 4.69) is 10.6 Å². The van der Waals surface area contributed by atoms with E-state index in [0.29, 0.717) is 12.0 Å². The van der Waals surface area contributed by atoms with E-state index >= 15 is 0 Å². The lowest BCUT2D eigenvalue weighted by molar-refractivity contribution is -0.123. The predicted octanol–water partition coefficient (Wildman–Crippen LogP) is 1.65. The maximum atomic E-state index is 12.5. The maximum absolute atomic E-state index is 12.5. The SMILES string of the molecule is CC1(Cc2ccccc2)NC(=O)C(C(=O)NCc2ccc(S(C)(=O)=O)cc2)=C1O. The number of amides is 2. The van der Waals surface area contributed by atoms with Crippen LogP contribution in [0.15, 0.2) is 70.8 Å². The fourth-order valence-corrected chi connectivity index (χ4v) is 3.85. The van der Waals surface area contributed by atoms with E-state index in [-0.39, 0.29) is 22.8 Å². The van der Waals surface area contributed by atoms with E-state index in [4.69, 9.17) is 0 Å². The van der Waals surface area contributed by atoms with Crippen molar-refractivity contribution >= 4 is 21.7 Å². The van der Waals surface area contributed by atoms with Gasteiger partial charge in [-0.15, -0.1) is 0 Å². The van der Waals surface area contributed by atoms with Crippen LogP contribution in [0.4, 0.5) is 0 Å². The molecule has 0 radical (unpaired) electrons. The van der Waals surface area contributed by atoms with Gasteiger partial charge in [-0.1, -0.05) is 42.5 Å². The van der Waals surface area contributed by atoms with Gasteiger partial charge in [0.05, 0.1) is 10.4 Å². The molecule has 1 unspecified atom stereocenters. The quantitative estimate of drug-likeness (QED) is 0.622. The van der Waals surface area contributed by atoms with Gasteiger partial charge in [0.15, 0.2) is 9.84 Å². The van der Waals surface area contributed by atoms with Crippen molar-refractivity contribution < 1.29 is 23.1 Å². The zero-order chi connectivity index (χ0) is 21.2. The fourth-order valence-electron chi connectivity index (χ4n) is 3.22. The summed E-state index contributed by atoms with van der Waals surface area (Å²) >= 11 is 0. The molecule has 7 nitrogen and oxygen atoms in total. The highest BCUT2D eigenvalue weighted by Crippen LogP contribution is 2.29. The lowest BCUT2D eigenvalue weighted by Crippen LogP contribution is -2.43. The van der Waals surface area contributed by atoms with Gasteiger partial charge in [-0.3, -0.25) is 9.59 Å². The van der Waals surface area contributed by atoms with E-state index in [1.807, 2.05) is 30.3 Å². The van der Waals surface area contributed by atoms with Crippen LogP contribution in [-0.4, -0.2) is 37.1 Å². The Morgan fingerprint density at radius 3 is 2.28 bits per heavy atom. The Balaban J connectivity index is 1.72. The van der Waals surface area contributed by atoms with E-state index < -0.39 is 27.2 Å². The minimum atomic E-state index is -3.30. The molecule has 0 saturated heterocycles. The summed E-state index contributed by atoms with van der Waals surface area (Å²) in [6, 6.07) is 15.4. The number of carbonyl (C=O) groups excluding carboxylic acids is 2. The first-order valence-electron chi connectivity index (χ1n) is 8.97. The number of sulfone groups is 1. The first kappa shape index (κ1) is 20.6. The van der Waals surface area contributed by atoms with Gasteiger partial charge < -0.3 is 15.7 Å². The third-order valence-corrected chi connectivity index (χ3v) is 5.94. The zero-order valence-corrected chi connectivity index (χ0v) is 16.9. The maximum Gasteiger partial charge on any atom is 0.261 e. The molecule has 8 heteroatoms.